The Hall–Kier alpha value is -3.22. The molecule has 7 nitrogen and oxygen atoms in total. The number of aromatic nitrogens is 4. The number of nitrogens with zero attached hydrogens (tertiary/aromatic N) is 4. The molecule has 3 rings (SSSR count). The number of ketones is 1. The predicted octanol–water partition coefficient (Wildman–Crippen LogP) is 2.72. The number of rotatable bonds is 7. The molecule has 1 aromatic heterocycles. The number of aromatic hydroxyl groups is 1. The highest BCUT2D eigenvalue weighted by Gasteiger charge is 2.08. The largest absolute Gasteiger partial charge is 0.508 e. The van der Waals surface area contributed by atoms with Gasteiger partial charge in [0.05, 0.1) is 13.7 Å². The third-order valence-corrected chi connectivity index (χ3v) is 3.75. The van der Waals surface area contributed by atoms with Gasteiger partial charge in [0.15, 0.2) is 5.78 Å². The summed E-state index contributed by atoms with van der Waals surface area (Å²) in [4.78, 5) is 13.6. The van der Waals surface area contributed by atoms with Crippen molar-refractivity contribution in [3.8, 4) is 22.9 Å². The quantitative estimate of drug-likeness (QED) is 0.666. The van der Waals surface area contributed by atoms with Crippen LogP contribution in [-0.2, 0) is 6.54 Å². The van der Waals surface area contributed by atoms with E-state index in [-0.39, 0.29) is 11.5 Å². The summed E-state index contributed by atoms with van der Waals surface area (Å²) in [5, 5.41) is 21.6. The third-order valence-electron chi connectivity index (χ3n) is 3.75. The van der Waals surface area contributed by atoms with Crippen LogP contribution >= 0.6 is 0 Å². The molecule has 0 aliphatic heterocycles. The van der Waals surface area contributed by atoms with E-state index in [2.05, 4.69) is 15.4 Å². The summed E-state index contributed by atoms with van der Waals surface area (Å²) in [6.07, 6.45) is 0.988. The summed E-state index contributed by atoms with van der Waals surface area (Å²) in [5.74, 6) is 1.47. The highest BCUT2D eigenvalue weighted by atomic mass is 16.5. The van der Waals surface area contributed by atoms with E-state index < -0.39 is 0 Å². The van der Waals surface area contributed by atoms with E-state index in [0.29, 0.717) is 30.8 Å². The molecule has 0 amide bonds. The SMILES string of the molecule is COc1ccc(-c2nnn(CCCC(=O)c3ccc(O)cc3)n2)cc1. The molecule has 25 heavy (non-hydrogen) atoms. The molecule has 1 N–H and O–H groups in total. The molecule has 0 atom stereocenters. The van der Waals surface area contributed by atoms with Crippen molar-refractivity contribution in [2.75, 3.05) is 7.11 Å². The minimum absolute atomic E-state index is 0.0236. The van der Waals surface area contributed by atoms with E-state index in [1.165, 1.54) is 16.9 Å². The molecule has 0 spiro atoms. The van der Waals surface area contributed by atoms with Gasteiger partial charge in [-0.1, -0.05) is 0 Å². The summed E-state index contributed by atoms with van der Waals surface area (Å²) >= 11 is 0. The van der Waals surface area contributed by atoms with Gasteiger partial charge in [-0.2, -0.15) is 4.80 Å². The van der Waals surface area contributed by atoms with E-state index >= 15 is 0 Å². The van der Waals surface area contributed by atoms with Crippen molar-refractivity contribution in [1.29, 1.82) is 0 Å². The van der Waals surface area contributed by atoms with Crippen molar-refractivity contribution in [2.24, 2.45) is 0 Å². The molecule has 0 saturated carbocycles. The molecule has 0 radical (unpaired) electrons. The summed E-state index contributed by atoms with van der Waals surface area (Å²) in [7, 11) is 1.61. The first-order chi connectivity index (χ1) is 12.2. The summed E-state index contributed by atoms with van der Waals surface area (Å²) in [5.41, 5.74) is 1.44. The number of hydrogen-bond acceptors (Lipinski definition) is 6. The number of methoxy groups -OCH3 is 1. The van der Waals surface area contributed by atoms with E-state index in [9.17, 15) is 9.90 Å². The van der Waals surface area contributed by atoms with Crippen molar-refractivity contribution in [1.82, 2.24) is 20.2 Å². The maximum absolute atomic E-state index is 12.1. The van der Waals surface area contributed by atoms with Gasteiger partial charge in [-0.25, -0.2) is 0 Å². The minimum atomic E-state index is 0.0236. The van der Waals surface area contributed by atoms with Crippen LogP contribution in [0.5, 0.6) is 11.5 Å². The Morgan fingerprint density at radius 3 is 2.52 bits per heavy atom. The molecule has 0 saturated heterocycles. The van der Waals surface area contributed by atoms with Crippen LogP contribution in [0.25, 0.3) is 11.4 Å². The van der Waals surface area contributed by atoms with Gasteiger partial charge in [0, 0.05) is 17.5 Å². The van der Waals surface area contributed by atoms with Gasteiger partial charge in [-0.15, -0.1) is 10.2 Å². The van der Waals surface area contributed by atoms with Crippen LogP contribution in [0, 0.1) is 0 Å². The smallest absolute Gasteiger partial charge is 0.204 e. The number of aryl methyl sites for hydroxylation is 1. The van der Waals surface area contributed by atoms with Crippen molar-refractivity contribution in [2.45, 2.75) is 19.4 Å². The zero-order chi connectivity index (χ0) is 17.6. The summed E-state index contributed by atoms with van der Waals surface area (Å²) < 4.78 is 5.12. The number of carbonyl (C=O) groups excluding carboxylic acids is 1. The lowest BCUT2D eigenvalue weighted by Crippen LogP contribution is -2.06. The Balaban J connectivity index is 1.54. The van der Waals surface area contributed by atoms with Gasteiger partial charge in [-0.3, -0.25) is 4.79 Å². The van der Waals surface area contributed by atoms with Crippen molar-refractivity contribution in [3.05, 3.63) is 54.1 Å². The highest BCUT2D eigenvalue weighted by Crippen LogP contribution is 2.18. The van der Waals surface area contributed by atoms with E-state index in [4.69, 9.17) is 4.74 Å². The van der Waals surface area contributed by atoms with Crippen LogP contribution < -0.4 is 4.74 Å². The van der Waals surface area contributed by atoms with Gasteiger partial charge in [0.2, 0.25) is 5.82 Å². The molecule has 7 heteroatoms. The van der Waals surface area contributed by atoms with E-state index in [1.54, 1.807) is 19.2 Å². The molecule has 0 aliphatic rings. The normalized spacial score (nSPS) is 10.6. The van der Waals surface area contributed by atoms with Crippen molar-refractivity contribution in [3.63, 3.8) is 0 Å². The Bertz CT molecular complexity index is 842. The molecule has 0 aliphatic carbocycles. The van der Waals surface area contributed by atoms with Gasteiger partial charge < -0.3 is 9.84 Å². The zero-order valence-corrected chi connectivity index (χ0v) is 13.8. The number of carbonyl (C=O) groups is 1. The first-order valence-electron chi connectivity index (χ1n) is 7.90. The summed E-state index contributed by atoms with van der Waals surface area (Å²) in [6.45, 7) is 0.507. The van der Waals surface area contributed by atoms with Gasteiger partial charge in [0.25, 0.3) is 0 Å². The number of Topliss-reactive ketones (excluding diaryl/α,β-unsaturated/α-hetero) is 1. The molecule has 0 unspecified atom stereocenters. The van der Waals surface area contributed by atoms with Gasteiger partial charge in [-0.05, 0) is 60.2 Å². The van der Waals surface area contributed by atoms with Crippen LogP contribution in [-0.4, -0.2) is 38.2 Å². The average molecular weight is 338 g/mol. The molecule has 0 bridgehead atoms. The average Bonchev–Trinajstić information content (AvgIpc) is 3.11. The number of phenolic OH excluding ortho intramolecular Hbond substituents is 1. The molecule has 128 valence electrons. The number of benzene rings is 2. The maximum Gasteiger partial charge on any atom is 0.204 e. The Morgan fingerprint density at radius 2 is 1.84 bits per heavy atom. The fourth-order valence-corrected chi connectivity index (χ4v) is 2.37. The van der Waals surface area contributed by atoms with Gasteiger partial charge >= 0.3 is 0 Å². The number of tetrazole rings is 1. The van der Waals surface area contributed by atoms with Crippen molar-refractivity contribution < 1.29 is 14.6 Å². The Morgan fingerprint density at radius 1 is 1.12 bits per heavy atom. The standard InChI is InChI=1S/C18H18N4O3/c1-25-16-10-6-14(7-11-16)18-19-21-22(20-18)12-2-3-17(24)13-4-8-15(23)9-5-13/h4-11,23H,2-3,12H2,1H3. The zero-order valence-electron chi connectivity index (χ0n) is 13.8. The van der Waals surface area contributed by atoms with E-state index in [1.807, 2.05) is 24.3 Å². The lowest BCUT2D eigenvalue weighted by Gasteiger charge is -2.01. The first kappa shape index (κ1) is 16.6. The topological polar surface area (TPSA) is 90.1 Å². The fourth-order valence-electron chi connectivity index (χ4n) is 2.37. The molecule has 0 fully saturated rings. The summed E-state index contributed by atoms with van der Waals surface area (Å²) in [6, 6.07) is 13.7. The number of ether oxygens (including phenoxy) is 1. The van der Waals surface area contributed by atoms with Crippen molar-refractivity contribution >= 4 is 5.78 Å². The van der Waals surface area contributed by atoms with Crippen LogP contribution in [0.3, 0.4) is 0 Å². The lowest BCUT2D eigenvalue weighted by molar-refractivity contribution is 0.0977. The number of hydrogen-bond donors (Lipinski definition) is 1. The highest BCUT2D eigenvalue weighted by molar-refractivity contribution is 5.96. The Labute approximate surface area is 144 Å². The molecular formula is C18H18N4O3. The minimum Gasteiger partial charge on any atom is -0.508 e. The number of phenols is 1. The molecule has 3 aromatic rings. The maximum atomic E-state index is 12.1. The fraction of sp³-hybridized carbons (Fsp3) is 0.222. The van der Waals surface area contributed by atoms with Crippen LogP contribution in [0.2, 0.25) is 0 Å². The first-order valence-corrected chi connectivity index (χ1v) is 7.90. The van der Waals surface area contributed by atoms with Crippen LogP contribution in [0.15, 0.2) is 48.5 Å². The second-order valence-electron chi connectivity index (χ2n) is 5.51. The van der Waals surface area contributed by atoms with Gasteiger partial charge in [0.1, 0.15) is 11.5 Å². The second kappa shape index (κ2) is 7.57. The monoisotopic (exact) mass is 338 g/mol. The predicted molar refractivity (Wildman–Crippen MR) is 91.5 cm³/mol. The van der Waals surface area contributed by atoms with Crippen LogP contribution in [0.4, 0.5) is 0 Å². The Kier molecular flexibility index (Phi) is 5.03. The molecule has 1 heterocycles. The molecular weight excluding hydrogens is 320 g/mol. The van der Waals surface area contributed by atoms with Crippen LogP contribution in [0.1, 0.15) is 23.2 Å². The third kappa shape index (κ3) is 4.20. The molecule has 2 aromatic carbocycles. The lowest BCUT2D eigenvalue weighted by atomic mass is 10.1. The van der Waals surface area contributed by atoms with E-state index in [0.717, 1.165) is 11.3 Å². The second-order valence-corrected chi connectivity index (χ2v) is 5.51.